The lowest BCUT2D eigenvalue weighted by molar-refractivity contribution is 0.590. The smallest absolute Gasteiger partial charge is 0.000741 e. The predicted molar refractivity (Wildman–Crippen MR) is 179 cm³/mol. The molecular weight excluding hydrogens is 492 g/mol. The predicted octanol–water partition coefficient (Wildman–Crippen LogP) is 11.9. The molecule has 0 radical (unpaired) electrons. The standard InChI is InChI=1S/C41H38/c1-25-15-24-34-37-30(25)13-10-14-33(37)38-35(26-16-20-28(21-17-26)40(2,3)4)31-11-8-9-12-32(31)36(39(34)38)27-18-22-29(23-19-27)41(5,6)7/h8-24H,1-7H3. The average Bonchev–Trinajstić information content (AvgIpc) is 3.28. The van der Waals surface area contributed by atoms with Crippen molar-refractivity contribution in [2.45, 2.75) is 59.3 Å². The van der Waals surface area contributed by atoms with Crippen LogP contribution < -0.4 is 0 Å². The van der Waals surface area contributed by atoms with Gasteiger partial charge in [-0.25, -0.2) is 0 Å². The molecule has 7 rings (SSSR count). The maximum Gasteiger partial charge on any atom is -0.000741 e. The molecule has 0 nitrogen and oxygen atoms in total. The van der Waals surface area contributed by atoms with E-state index >= 15 is 0 Å². The number of fused-ring (bicyclic) bond motifs is 4. The zero-order valence-corrected chi connectivity index (χ0v) is 25.3. The maximum absolute atomic E-state index is 2.36. The Kier molecular flexibility index (Phi) is 5.61. The lowest BCUT2D eigenvalue weighted by Crippen LogP contribution is -2.10. The Labute approximate surface area is 244 Å². The molecule has 0 amide bonds. The molecule has 0 bridgehead atoms. The monoisotopic (exact) mass is 530 g/mol. The van der Waals surface area contributed by atoms with E-state index in [0.717, 1.165) is 0 Å². The van der Waals surface area contributed by atoms with Gasteiger partial charge in [0.05, 0.1) is 0 Å². The summed E-state index contributed by atoms with van der Waals surface area (Å²) in [5, 5.41) is 5.36. The van der Waals surface area contributed by atoms with E-state index in [9.17, 15) is 0 Å². The van der Waals surface area contributed by atoms with Gasteiger partial charge in [0.25, 0.3) is 0 Å². The van der Waals surface area contributed by atoms with Gasteiger partial charge in [0, 0.05) is 0 Å². The summed E-state index contributed by atoms with van der Waals surface area (Å²) in [6.45, 7) is 16.0. The zero-order valence-electron chi connectivity index (χ0n) is 25.3. The van der Waals surface area contributed by atoms with Crippen molar-refractivity contribution in [1.82, 2.24) is 0 Å². The Hall–Kier alpha value is -4.16. The Morgan fingerprint density at radius 2 is 0.829 bits per heavy atom. The summed E-state index contributed by atoms with van der Waals surface area (Å²) >= 11 is 0. The van der Waals surface area contributed by atoms with Crippen molar-refractivity contribution in [3.05, 3.63) is 120 Å². The molecule has 0 saturated heterocycles. The lowest BCUT2D eigenvalue weighted by Gasteiger charge is -2.23. The van der Waals surface area contributed by atoms with Crippen LogP contribution in [0.3, 0.4) is 0 Å². The molecule has 41 heavy (non-hydrogen) atoms. The molecule has 0 atom stereocenters. The second-order valence-corrected chi connectivity index (χ2v) is 13.9. The normalized spacial score (nSPS) is 12.8. The van der Waals surface area contributed by atoms with Crippen molar-refractivity contribution in [2.75, 3.05) is 0 Å². The number of hydrogen-bond donors (Lipinski definition) is 0. The molecule has 6 aromatic rings. The third kappa shape index (κ3) is 3.96. The SMILES string of the molecule is Cc1ccc2c3c(cccc13)-c1c-2c(-c2ccc(C(C)(C)C)cc2)c2ccccc2c1-c1ccc(C(C)(C)C)cc1. The van der Waals surface area contributed by atoms with Gasteiger partial charge in [0.2, 0.25) is 0 Å². The lowest BCUT2D eigenvalue weighted by atomic mass is 9.80. The van der Waals surface area contributed by atoms with Crippen molar-refractivity contribution >= 4 is 21.5 Å². The number of rotatable bonds is 2. The van der Waals surface area contributed by atoms with Gasteiger partial charge < -0.3 is 0 Å². The van der Waals surface area contributed by atoms with E-state index in [1.54, 1.807) is 0 Å². The molecule has 0 saturated carbocycles. The number of aryl methyl sites for hydroxylation is 1. The van der Waals surface area contributed by atoms with E-state index in [1.807, 2.05) is 0 Å². The zero-order chi connectivity index (χ0) is 28.7. The van der Waals surface area contributed by atoms with Crippen LogP contribution in [-0.2, 0) is 10.8 Å². The van der Waals surface area contributed by atoms with Gasteiger partial charge in [-0.15, -0.1) is 0 Å². The first kappa shape index (κ1) is 25.8. The molecule has 1 aliphatic carbocycles. The van der Waals surface area contributed by atoms with Crippen LogP contribution in [0.5, 0.6) is 0 Å². The van der Waals surface area contributed by atoms with Crippen LogP contribution in [-0.4, -0.2) is 0 Å². The molecular formula is C41H38. The summed E-state index contributed by atoms with van der Waals surface area (Å²) in [6, 6.07) is 39.2. The maximum atomic E-state index is 2.36. The first-order valence-corrected chi connectivity index (χ1v) is 14.9. The van der Waals surface area contributed by atoms with Gasteiger partial charge in [0.15, 0.2) is 0 Å². The fourth-order valence-electron chi connectivity index (χ4n) is 6.82. The molecule has 0 heterocycles. The van der Waals surface area contributed by atoms with Gasteiger partial charge >= 0.3 is 0 Å². The van der Waals surface area contributed by atoms with E-state index in [4.69, 9.17) is 0 Å². The molecule has 6 aromatic carbocycles. The van der Waals surface area contributed by atoms with E-state index in [2.05, 4.69) is 152 Å². The van der Waals surface area contributed by atoms with Crippen LogP contribution in [0, 0.1) is 6.92 Å². The molecule has 0 heteroatoms. The third-order valence-electron chi connectivity index (χ3n) is 9.09. The molecule has 0 aliphatic heterocycles. The Morgan fingerprint density at radius 3 is 1.29 bits per heavy atom. The topological polar surface area (TPSA) is 0 Å². The van der Waals surface area contributed by atoms with Crippen molar-refractivity contribution in [3.8, 4) is 44.5 Å². The minimum atomic E-state index is 0.116. The Bertz CT molecular complexity index is 1860. The number of hydrogen-bond acceptors (Lipinski definition) is 0. The second-order valence-electron chi connectivity index (χ2n) is 13.9. The molecule has 0 fully saturated rings. The van der Waals surface area contributed by atoms with Crippen LogP contribution in [0.1, 0.15) is 58.2 Å². The van der Waals surface area contributed by atoms with E-state index in [1.165, 1.54) is 82.7 Å². The first-order chi connectivity index (χ1) is 19.5. The summed E-state index contributed by atoms with van der Waals surface area (Å²) in [6.07, 6.45) is 0. The van der Waals surface area contributed by atoms with Gasteiger partial charge in [-0.2, -0.15) is 0 Å². The minimum absolute atomic E-state index is 0.116. The van der Waals surface area contributed by atoms with E-state index < -0.39 is 0 Å². The second kappa shape index (κ2) is 8.92. The fraction of sp³-hybridized carbons (Fsp3) is 0.220. The van der Waals surface area contributed by atoms with Gasteiger partial charge in [-0.05, 0) is 100 Å². The van der Waals surface area contributed by atoms with Crippen LogP contribution in [0.2, 0.25) is 0 Å². The summed E-state index contributed by atoms with van der Waals surface area (Å²) in [7, 11) is 0. The highest BCUT2D eigenvalue weighted by Crippen LogP contribution is 2.58. The van der Waals surface area contributed by atoms with Crippen LogP contribution in [0.25, 0.3) is 66.1 Å². The highest BCUT2D eigenvalue weighted by Gasteiger charge is 2.31. The van der Waals surface area contributed by atoms with Crippen molar-refractivity contribution in [3.63, 3.8) is 0 Å². The van der Waals surface area contributed by atoms with E-state index in [0.29, 0.717) is 0 Å². The fourth-order valence-corrected chi connectivity index (χ4v) is 6.82. The van der Waals surface area contributed by atoms with Crippen molar-refractivity contribution < 1.29 is 0 Å². The highest BCUT2D eigenvalue weighted by atomic mass is 14.3. The quantitative estimate of drug-likeness (QED) is 0.208. The van der Waals surface area contributed by atoms with Crippen LogP contribution >= 0.6 is 0 Å². The Morgan fingerprint density at radius 1 is 0.390 bits per heavy atom. The largest absolute Gasteiger partial charge is 0.0616 e. The van der Waals surface area contributed by atoms with Crippen LogP contribution in [0.4, 0.5) is 0 Å². The Balaban J connectivity index is 1.63. The highest BCUT2D eigenvalue weighted by molar-refractivity contribution is 6.27. The van der Waals surface area contributed by atoms with Crippen molar-refractivity contribution in [2.24, 2.45) is 0 Å². The summed E-state index contributed by atoms with van der Waals surface area (Å²) in [4.78, 5) is 0. The van der Waals surface area contributed by atoms with Crippen LogP contribution in [0.15, 0.2) is 103 Å². The van der Waals surface area contributed by atoms with Gasteiger partial charge in [-0.1, -0.05) is 145 Å². The molecule has 0 spiro atoms. The summed E-state index contributed by atoms with van der Waals surface area (Å²) in [5.41, 5.74) is 15.0. The van der Waals surface area contributed by atoms with Crippen molar-refractivity contribution in [1.29, 1.82) is 0 Å². The summed E-state index contributed by atoms with van der Waals surface area (Å²) in [5.74, 6) is 0. The molecule has 202 valence electrons. The minimum Gasteiger partial charge on any atom is -0.0616 e. The molecule has 0 N–H and O–H groups in total. The molecule has 1 aliphatic rings. The first-order valence-electron chi connectivity index (χ1n) is 14.9. The molecule has 0 aromatic heterocycles. The van der Waals surface area contributed by atoms with Gasteiger partial charge in [-0.3, -0.25) is 0 Å². The van der Waals surface area contributed by atoms with Gasteiger partial charge in [0.1, 0.15) is 0 Å². The average molecular weight is 531 g/mol. The summed E-state index contributed by atoms with van der Waals surface area (Å²) < 4.78 is 0. The third-order valence-corrected chi connectivity index (χ3v) is 9.09. The number of benzene rings is 6. The van der Waals surface area contributed by atoms with E-state index in [-0.39, 0.29) is 10.8 Å². The molecule has 0 unspecified atom stereocenters.